The lowest BCUT2D eigenvalue weighted by atomic mass is 9.96. The normalized spacial score (nSPS) is 12.8. The summed E-state index contributed by atoms with van der Waals surface area (Å²) in [5.74, 6) is 1.85. The van der Waals surface area contributed by atoms with Gasteiger partial charge < -0.3 is 4.42 Å². The summed E-state index contributed by atoms with van der Waals surface area (Å²) in [7, 11) is 0. The third-order valence-electron chi connectivity index (χ3n) is 10.2. The number of benzene rings is 7. The van der Waals surface area contributed by atoms with Gasteiger partial charge in [-0.3, -0.25) is 0 Å². The largest absolute Gasteiger partial charge is 0.456 e. The van der Waals surface area contributed by atoms with Gasteiger partial charge in [0, 0.05) is 27.5 Å². The molecule has 4 heteroatoms. The highest BCUT2D eigenvalue weighted by atomic mass is 16.3. The Hall–Kier alpha value is -6.91. The van der Waals surface area contributed by atoms with Crippen molar-refractivity contribution in [3.63, 3.8) is 0 Å². The lowest BCUT2D eigenvalue weighted by molar-refractivity contribution is 0.669. The molecule has 0 radical (unpaired) electrons. The van der Waals surface area contributed by atoms with Gasteiger partial charge in [-0.25, -0.2) is 15.0 Å². The van der Waals surface area contributed by atoms with Crippen molar-refractivity contribution in [2.24, 2.45) is 0 Å². The van der Waals surface area contributed by atoms with Crippen LogP contribution in [-0.2, 0) is 0 Å². The second kappa shape index (κ2) is 13.0. The van der Waals surface area contributed by atoms with Crippen LogP contribution in [0.3, 0.4) is 0 Å². The van der Waals surface area contributed by atoms with Crippen LogP contribution in [0.15, 0.2) is 180 Å². The van der Waals surface area contributed by atoms with Gasteiger partial charge in [-0.15, -0.1) is 0 Å². The Morgan fingerprint density at radius 3 is 1.81 bits per heavy atom. The summed E-state index contributed by atoms with van der Waals surface area (Å²) >= 11 is 0. The van der Waals surface area contributed by atoms with E-state index in [9.17, 15) is 0 Å². The second-order valence-corrected chi connectivity index (χ2v) is 13.5. The molecule has 0 N–H and O–H groups in total. The molecule has 0 saturated carbocycles. The fourth-order valence-corrected chi connectivity index (χ4v) is 7.41. The smallest absolute Gasteiger partial charge is 0.164 e. The number of aromatic nitrogens is 3. The second-order valence-electron chi connectivity index (χ2n) is 13.5. The predicted octanol–water partition coefficient (Wildman–Crippen LogP) is 13.0. The molecule has 10 rings (SSSR count). The van der Waals surface area contributed by atoms with Crippen molar-refractivity contribution >= 4 is 38.3 Å². The Labute approximate surface area is 307 Å². The van der Waals surface area contributed by atoms with Crippen molar-refractivity contribution in [1.82, 2.24) is 15.0 Å². The SMILES string of the molecule is C1=CC(c2ccc(-c3ccc4c(c3)oc3cccc(-c5nc(-c6ccccc6)nc(-c6ccc7ccc(-c8ccccc8)cc7c6)n5)c34)cc2)=CCC1. The zero-order valence-corrected chi connectivity index (χ0v) is 28.9. The maximum atomic E-state index is 6.53. The topological polar surface area (TPSA) is 51.8 Å². The Bertz CT molecular complexity index is 2870. The summed E-state index contributed by atoms with van der Waals surface area (Å²) in [5, 5.41) is 4.30. The van der Waals surface area contributed by atoms with Crippen molar-refractivity contribution in [1.29, 1.82) is 0 Å². The van der Waals surface area contributed by atoms with Crippen LogP contribution in [0.4, 0.5) is 0 Å². The molecule has 0 saturated heterocycles. The van der Waals surface area contributed by atoms with E-state index in [-0.39, 0.29) is 0 Å². The fraction of sp³-hybridized carbons (Fsp3) is 0.0408. The molecule has 2 heterocycles. The van der Waals surface area contributed by atoms with E-state index < -0.39 is 0 Å². The van der Waals surface area contributed by atoms with E-state index in [1.54, 1.807) is 0 Å². The molecule has 0 bridgehead atoms. The zero-order valence-electron chi connectivity index (χ0n) is 28.9. The first-order valence-corrected chi connectivity index (χ1v) is 18.1. The number of fused-ring (bicyclic) bond motifs is 4. The number of rotatable bonds is 6. The number of hydrogen-bond acceptors (Lipinski definition) is 4. The molecule has 0 unspecified atom stereocenters. The maximum Gasteiger partial charge on any atom is 0.164 e. The third-order valence-corrected chi connectivity index (χ3v) is 10.2. The van der Waals surface area contributed by atoms with Crippen LogP contribution < -0.4 is 0 Å². The monoisotopic (exact) mass is 679 g/mol. The number of allylic oxidation sites excluding steroid dienone is 4. The van der Waals surface area contributed by atoms with Crippen LogP contribution in [0.2, 0.25) is 0 Å². The molecule has 53 heavy (non-hydrogen) atoms. The lowest BCUT2D eigenvalue weighted by Crippen LogP contribution is -2.00. The molecule has 1 aliphatic rings. The van der Waals surface area contributed by atoms with Crippen LogP contribution in [0, 0.1) is 0 Å². The van der Waals surface area contributed by atoms with Gasteiger partial charge in [0.05, 0.1) is 0 Å². The first-order valence-electron chi connectivity index (χ1n) is 18.1. The van der Waals surface area contributed by atoms with Gasteiger partial charge in [0.15, 0.2) is 17.5 Å². The van der Waals surface area contributed by atoms with Crippen molar-refractivity contribution in [2.75, 3.05) is 0 Å². The number of furan rings is 1. The first-order chi connectivity index (χ1) is 26.2. The van der Waals surface area contributed by atoms with Crippen LogP contribution >= 0.6 is 0 Å². The first kappa shape index (κ1) is 30.9. The Morgan fingerprint density at radius 1 is 0.415 bits per heavy atom. The van der Waals surface area contributed by atoms with Gasteiger partial charge in [0.25, 0.3) is 0 Å². The van der Waals surface area contributed by atoms with Gasteiger partial charge >= 0.3 is 0 Å². The number of hydrogen-bond donors (Lipinski definition) is 0. The molecule has 7 aromatic carbocycles. The molecular weight excluding hydrogens is 647 g/mol. The van der Waals surface area contributed by atoms with Crippen LogP contribution in [0.25, 0.3) is 94.7 Å². The Morgan fingerprint density at radius 2 is 1.04 bits per heavy atom. The minimum Gasteiger partial charge on any atom is -0.456 e. The highest BCUT2D eigenvalue weighted by molar-refractivity contribution is 6.12. The van der Waals surface area contributed by atoms with E-state index in [4.69, 9.17) is 19.4 Å². The number of nitrogens with zero attached hydrogens (tertiary/aromatic N) is 3. The van der Waals surface area contributed by atoms with E-state index >= 15 is 0 Å². The highest BCUT2D eigenvalue weighted by Crippen LogP contribution is 2.39. The molecular formula is C49H33N3O. The van der Waals surface area contributed by atoms with Crippen LogP contribution in [-0.4, -0.2) is 15.0 Å². The van der Waals surface area contributed by atoms with E-state index in [2.05, 4.69) is 127 Å². The quantitative estimate of drug-likeness (QED) is 0.175. The van der Waals surface area contributed by atoms with E-state index in [1.165, 1.54) is 22.3 Å². The van der Waals surface area contributed by atoms with E-state index in [0.29, 0.717) is 17.5 Å². The standard InChI is InChI=1S/C49H33N3O/c1-4-11-32(12-5-1)34-19-21-35(22-20-34)39-27-28-42-45(31-39)53-44-18-10-17-43(46(42)44)49-51-47(37-15-8-3-9-16-37)50-48(52-49)40-26-24-36-23-25-38(29-41(36)30-40)33-13-6-2-7-14-33/h2-4,6-31H,1,5H2. The van der Waals surface area contributed by atoms with E-state index in [0.717, 1.165) is 73.4 Å². The Kier molecular flexibility index (Phi) is 7.58. The minimum absolute atomic E-state index is 0.603. The molecule has 9 aromatic rings. The fourth-order valence-electron chi connectivity index (χ4n) is 7.41. The molecule has 2 aromatic heterocycles. The molecule has 0 aliphatic heterocycles. The van der Waals surface area contributed by atoms with E-state index in [1.807, 2.05) is 48.5 Å². The predicted molar refractivity (Wildman–Crippen MR) is 218 cm³/mol. The maximum absolute atomic E-state index is 6.53. The molecule has 4 nitrogen and oxygen atoms in total. The molecule has 1 aliphatic carbocycles. The molecule has 0 spiro atoms. The summed E-state index contributed by atoms with van der Waals surface area (Å²) in [6.07, 6.45) is 8.99. The van der Waals surface area contributed by atoms with Gasteiger partial charge in [0.1, 0.15) is 11.2 Å². The van der Waals surface area contributed by atoms with Crippen molar-refractivity contribution < 1.29 is 4.42 Å². The average molecular weight is 680 g/mol. The summed E-state index contributed by atoms with van der Waals surface area (Å²) in [6, 6.07) is 55.0. The van der Waals surface area contributed by atoms with Gasteiger partial charge in [-0.2, -0.15) is 0 Å². The van der Waals surface area contributed by atoms with Crippen molar-refractivity contribution in [3.8, 4) is 56.4 Å². The molecule has 250 valence electrons. The molecule has 0 fully saturated rings. The summed E-state index contributed by atoms with van der Waals surface area (Å²) in [5.41, 5.74) is 11.5. The highest BCUT2D eigenvalue weighted by Gasteiger charge is 2.18. The molecule has 0 amide bonds. The van der Waals surface area contributed by atoms with Gasteiger partial charge in [-0.1, -0.05) is 146 Å². The van der Waals surface area contributed by atoms with Crippen LogP contribution in [0.5, 0.6) is 0 Å². The zero-order chi connectivity index (χ0) is 35.1. The van der Waals surface area contributed by atoms with Gasteiger partial charge in [-0.05, 0) is 87.3 Å². The van der Waals surface area contributed by atoms with Crippen molar-refractivity contribution in [2.45, 2.75) is 12.8 Å². The Balaban J connectivity index is 1.08. The van der Waals surface area contributed by atoms with Crippen LogP contribution in [0.1, 0.15) is 18.4 Å². The third kappa shape index (κ3) is 5.81. The minimum atomic E-state index is 0.603. The van der Waals surface area contributed by atoms with Crippen molar-refractivity contribution in [3.05, 3.63) is 182 Å². The molecule has 0 atom stereocenters. The van der Waals surface area contributed by atoms with Gasteiger partial charge in [0.2, 0.25) is 0 Å². The summed E-state index contributed by atoms with van der Waals surface area (Å²) in [6.45, 7) is 0. The summed E-state index contributed by atoms with van der Waals surface area (Å²) < 4.78 is 6.53. The lowest BCUT2D eigenvalue weighted by Gasteiger charge is -2.10. The summed E-state index contributed by atoms with van der Waals surface area (Å²) in [4.78, 5) is 15.3. The average Bonchev–Trinajstić information content (AvgIpc) is 3.62.